The first kappa shape index (κ1) is 11.6. The number of carbonyl (C=O) groups excluding carboxylic acids is 2. The fourth-order valence-electron chi connectivity index (χ4n) is 1.90. The van der Waals surface area contributed by atoms with E-state index in [4.69, 9.17) is 0 Å². The van der Waals surface area contributed by atoms with Crippen molar-refractivity contribution < 1.29 is 9.59 Å². The highest BCUT2D eigenvalue weighted by atomic mass is 16.2. The molecule has 2 rings (SSSR count). The van der Waals surface area contributed by atoms with Gasteiger partial charge in [0.1, 0.15) is 6.04 Å². The molecule has 1 fully saturated rings. The number of rotatable bonds is 2. The van der Waals surface area contributed by atoms with Crippen molar-refractivity contribution in [3.8, 4) is 0 Å². The molecular formula is C11H16N4O2. The van der Waals surface area contributed by atoms with Crippen molar-refractivity contribution in [2.24, 2.45) is 7.05 Å². The van der Waals surface area contributed by atoms with Crippen molar-refractivity contribution >= 4 is 11.8 Å². The quantitative estimate of drug-likeness (QED) is 0.763. The Kier molecular flexibility index (Phi) is 3.12. The third kappa shape index (κ3) is 2.64. The van der Waals surface area contributed by atoms with Crippen LogP contribution in [0.4, 0.5) is 0 Å². The third-order valence-electron chi connectivity index (χ3n) is 2.79. The van der Waals surface area contributed by atoms with Gasteiger partial charge in [-0.25, -0.2) is 0 Å². The number of aromatic nitrogens is 2. The summed E-state index contributed by atoms with van der Waals surface area (Å²) in [5.74, 6) is -0.129. The van der Waals surface area contributed by atoms with Gasteiger partial charge in [0.2, 0.25) is 11.8 Å². The zero-order chi connectivity index (χ0) is 12.4. The molecule has 6 heteroatoms. The maximum atomic E-state index is 12.0. The summed E-state index contributed by atoms with van der Waals surface area (Å²) in [5.41, 5.74) is 0.836. The van der Waals surface area contributed by atoms with E-state index in [0.29, 0.717) is 19.5 Å². The molecule has 0 radical (unpaired) electrons. The van der Waals surface area contributed by atoms with E-state index in [2.05, 4.69) is 10.4 Å². The van der Waals surface area contributed by atoms with E-state index >= 15 is 0 Å². The van der Waals surface area contributed by atoms with Crippen LogP contribution in [0.15, 0.2) is 12.3 Å². The molecule has 1 aliphatic heterocycles. The Labute approximate surface area is 99.6 Å². The monoisotopic (exact) mass is 236 g/mol. The predicted octanol–water partition coefficient (Wildman–Crippen LogP) is -0.343. The summed E-state index contributed by atoms with van der Waals surface area (Å²) in [7, 11) is 1.83. The van der Waals surface area contributed by atoms with E-state index in [9.17, 15) is 9.59 Å². The molecule has 1 aliphatic rings. The molecule has 6 nitrogen and oxygen atoms in total. The number of hydrogen-bond acceptors (Lipinski definition) is 3. The van der Waals surface area contributed by atoms with E-state index in [1.807, 2.05) is 19.3 Å². The van der Waals surface area contributed by atoms with E-state index in [0.717, 1.165) is 5.69 Å². The van der Waals surface area contributed by atoms with Gasteiger partial charge in [0.15, 0.2) is 0 Å². The maximum absolute atomic E-state index is 12.0. The van der Waals surface area contributed by atoms with Crippen LogP contribution in [0.2, 0.25) is 0 Å². The van der Waals surface area contributed by atoms with Gasteiger partial charge < -0.3 is 10.2 Å². The Balaban J connectivity index is 2.08. The smallest absolute Gasteiger partial charge is 0.245 e. The summed E-state index contributed by atoms with van der Waals surface area (Å²) in [6.07, 6.45) is 2.19. The zero-order valence-electron chi connectivity index (χ0n) is 10.0. The molecule has 1 aromatic heterocycles. The van der Waals surface area contributed by atoms with Gasteiger partial charge in [0.25, 0.3) is 0 Å². The Morgan fingerprint density at radius 3 is 2.94 bits per heavy atom. The number of hydrogen-bond donors (Lipinski definition) is 1. The Morgan fingerprint density at radius 2 is 2.29 bits per heavy atom. The summed E-state index contributed by atoms with van der Waals surface area (Å²) < 4.78 is 1.70. The molecule has 92 valence electrons. The second-order valence-electron chi connectivity index (χ2n) is 4.28. The number of nitrogens with zero attached hydrogens (tertiary/aromatic N) is 3. The largest absolute Gasteiger partial charge is 0.345 e. The molecule has 1 saturated heterocycles. The van der Waals surface area contributed by atoms with Crippen LogP contribution < -0.4 is 5.32 Å². The number of nitrogens with one attached hydrogen (secondary N) is 1. The summed E-state index contributed by atoms with van der Waals surface area (Å²) in [5, 5.41) is 6.89. The first-order chi connectivity index (χ1) is 8.06. The molecule has 1 aromatic rings. The van der Waals surface area contributed by atoms with Crippen LogP contribution >= 0.6 is 0 Å². The van der Waals surface area contributed by atoms with Crippen LogP contribution in [0.3, 0.4) is 0 Å². The van der Waals surface area contributed by atoms with Crippen molar-refractivity contribution in [3.63, 3.8) is 0 Å². The number of carbonyl (C=O) groups is 2. The topological polar surface area (TPSA) is 67.2 Å². The summed E-state index contributed by atoms with van der Waals surface area (Å²) in [6.45, 7) is 2.61. The SMILES string of the molecule is CC1NC(=O)CCN(Cc2ccn(C)n2)C1=O. The first-order valence-electron chi connectivity index (χ1n) is 5.63. The molecule has 0 aromatic carbocycles. The second kappa shape index (κ2) is 4.57. The van der Waals surface area contributed by atoms with Crippen LogP contribution in [0, 0.1) is 0 Å². The molecular weight excluding hydrogens is 220 g/mol. The first-order valence-corrected chi connectivity index (χ1v) is 5.63. The maximum Gasteiger partial charge on any atom is 0.245 e. The van der Waals surface area contributed by atoms with Crippen molar-refractivity contribution in [3.05, 3.63) is 18.0 Å². The molecule has 2 heterocycles. The van der Waals surface area contributed by atoms with Crippen LogP contribution in [0.25, 0.3) is 0 Å². The van der Waals surface area contributed by atoms with Gasteiger partial charge in [-0.3, -0.25) is 14.3 Å². The van der Waals surface area contributed by atoms with Crippen LogP contribution in [-0.2, 0) is 23.2 Å². The van der Waals surface area contributed by atoms with Crippen molar-refractivity contribution in [1.82, 2.24) is 20.0 Å². The van der Waals surface area contributed by atoms with Gasteiger partial charge in [0.05, 0.1) is 12.2 Å². The molecule has 1 N–H and O–H groups in total. The minimum absolute atomic E-state index is 0.0542. The Bertz CT molecular complexity index is 440. The lowest BCUT2D eigenvalue weighted by atomic mass is 10.3. The number of aryl methyl sites for hydroxylation is 1. The molecule has 17 heavy (non-hydrogen) atoms. The normalized spacial score (nSPS) is 21.3. The highest BCUT2D eigenvalue weighted by molar-refractivity contribution is 5.89. The van der Waals surface area contributed by atoms with Crippen molar-refractivity contribution in [2.75, 3.05) is 6.54 Å². The lowest BCUT2D eigenvalue weighted by molar-refractivity contribution is -0.133. The standard InChI is InChI=1S/C11H16N4O2/c1-8-11(17)15(6-4-10(16)12-8)7-9-3-5-14(2)13-9/h3,5,8H,4,6-7H2,1-2H3,(H,12,16). The molecule has 1 unspecified atom stereocenters. The Hall–Kier alpha value is -1.85. The minimum atomic E-state index is -0.450. The average molecular weight is 236 g/mol. The lowest BCUT2D eigenvalue weighted by Crippen LogP contribution is -2.42. The summed E-state index contributed by atoms with van der Waals surface area (Å²) in [6, 6.07) is 1.42. The lowest BCUT2D eigenvalue weighted by Gasteiger charge is -2.21. The minimum Gasteiger partial charge on any atom is -0.345 e. The van der Waals surface area contributed by atoms with Gasteiger partial charge >= 0.3 is 0 Å². The van der Waals surface area contributed by atoms with E-state index in [1.54, 1.807) is 16.5 Å². The van der Waals surface area contributed by atoms with Gasteiger partial charge in [-0.1, -0.05) is 0 Å². The van der Waals surface area contributed by atoms with Gasteiger partial charge in [0, 0.05) is 26.2 Å². The van der Waals surface area contributed by atoms with Crippen LogP contribution in [0.5, 0.6) is 0 Å². The van der Waals surface area contributed by atoms with Crippen LogP contribution in [0.1, 0.15) is 19.0 Å². The van der Waals surface area contributed by atoms with E-state index < -0.39 is 6.04 Å². The summed E-state index contributed by atoms with van der Waals surface area (Å²) in [4.78, 5) is 25.0. The molecule has 2 amide bonds. The average Bonchev–Trinajstić information content (AvgIpc) is 2.64. The van der Waals surface area contributed by atoms with Gasteiger partial charge in [-0.05, 0) is 13.0 Å². The highest BCUT2D eigenvalue weighted by Crippen LogP contribution is 2.08. The van der Waals surface area contributed by atoms with E-state index in [-0.39, 0.29) is 11.8 Å². The van der Waals surface area contributed by atoms with Crippen molar-refractivity contribution in [2.45, 2.75) is 25.9 Å². The molecule has 0 spiro atoms. The molecule has 0 saturated carbocycles. The predicted molar refractivity (Wildman–Crippen MR) is 60.8 cm³/mol. The van der Waals surface area contributed by atoms with Gasteiger partial charge in [-0.2, -0.15) is 5.10 Å². The molecule has 0 aliphatic carbocycles. The molecule has 0 bridgehead atoms. The third-order valence-corrected chi connectivity index (χ3v) is 2.79. The zero-order valence-corrected chi connectivity index (χ0v) is 10.0. The number of amides is 2. The second-order valence-corrected chi connectivity index (χ2v) is 4.28. The highest BCUT2D eigenvalue weighted by Gasteiger charge is 2.26. The fourth-order valence-corrected chi connectivity index (χ4v) is 1.90. The van der Waals surface area contributed by atoms with E-state index in [1.165, 1.54) is 0 Å². The van der Waals surface area contributed by atoms with Gasteiger partial charge in [-0.15, -0.1) is 0 Å². The Morgan fingerprint density at radius 1 is 1.53 bits per heavy atom. The molecule has 1 atom stereocenters. The summed E-state index contributed by atoms with van der Waals surface area (Å²) >= 11 is 0. The fraction of sp³-hybridized carbons (Fsp3) is 0.545. The van der Waals surface area contributed by atoms with Crippen molar-refractivity contribution in [1.29, 1.82) is 0 Å². The van der Waals surface area contributed by atoms with Crippen LogP contribution in [-0.4, -0.2) is 39.1 Å².